The molecule has 2 aromatic carbocycles. The van der Waals surface area contributed by atoms with Gasteiger partial charge < -0.3 is 10.1 Å². The second kappa shape index (κ2) is 9.71. The molecule has 4 rings (SSSR count). The van der Waals surface area contributed by atoms with Gasteiger partial charge in [-0.3, -0.25) is 19.7 Å². The lowest BCUT2D eigenvalue weighted by Gasteiger charge is -2.33. The zero-order valence-corrected chi connectivity index (χ0v) is 18.0. The molecular weight excluding hydrogens is 388 g/mol. The number of benzene rings is 2. The second-order valence-corrected chi connectivity index (χ2v) is 7.97. The first kappa shape index (κ1) is 21.0. The number of hydrogen-bond donors (Lipinski definition) is 1. The number of nitrogens with one attached hydrogen (secondary N) is 1. The van der Waals surface area contributed by atoms with Gasteiger partial charge in [0.15, 0.2) is 0 Å². The van der Waals surface area contributed by atoms with Gasteiger partial charge in [-0.2, -0.15) is 0 Å². The van der Waals surface area contributed by atoms with Crippen LogP contribution in [0, 0.1) is 0 Å². The molecule has 0 saturated carbocycles. The molecule has 0 aliphatic carbocycles. The van der Waals surface area contributed by atoms with Gasteiger partial charge in [0, 0.05) is 49.6 Å². The number of methoxy groups -OCH3 is 1. The molecule has 2 heterocycles. The third-order valence-corrected chi connectivity index (χ3v) is 5.64. The minimum Gasteiger partial charge on any atom is -0.497 e. The molecule has 1 atom stereocenters. The second-order valence-electron chi connectivity index (χ2n) is 7.97. The number of hydrogen-bond acceptors (Lipinski definition) is 5. The Balaban J connectivity index is 1.53. The fraction of sp³-hybridized carbons (Fsp3) is 0.320. The Morgan fingerprint density at radius 2 is 1.97 bits per heavy atom. The van der Waals surface area contributed by atoms with Crippen molar-refractivity contribution < 1.29 is 9.53 Å². The Bertz CT molecular complexity index is 1040. The Kier molecular flexibility index (Phi) is 6.57. The Labute approximate surface area is 183 Å². The monoisotopic (exact) mass is 416 g/mol. The molecule has 1 N–H and O–H groups in total. The summed E-state index contributed by atoms with van der Waals surface area (Å²) in [5.74, 6) is 1.11. The van der Waals surface area contributed by atoms with E-state index < -0.39 is 0 Å². The highest BCUT2D eigenvalue weighted by molar-refractivity contribution is 5.89. The van der Waals surface area contributed by atoms with Crippen molar-refractivity contribution >= 4 is 11.6 Å². The van der Waals surface area contributed by atoms with E-state index in [-0.39, 0.29) is 5.91 Å². The minimum atomic E-state index is -0.0852. The van der Waals surface area contributed by atoms with Crippen LogP contribution in [-0.4, -0.2) is 41.0 Å². The topological polar surface area (TPSA) is 67.3 Å². The zero-order chi connectivity index (χ0) is 21.6. The molecule has 1 aromatic heterocycles. The van der Waals surface area contributed by atoms with Crippen LogP contribution in [0.3, 0.4) is 0 Å². The molecule has 0 radical (unpaired) electrons. The number of likely N-dealkylation sites (tertiary alicyclic amines) is 1. The fourth-order valence-electron chi connectivity index (χ4n) is 4.23. The van der Waals surface area contributed by atoms with Crippen LogP contribution in [0.2, 0.25) is 0 Å². The van der Waals surface area contributed by atoms with Crippen molar-refractivity contribution in [2.75, 3.05) is 25.5 Å². The van der Waals surface area contributed by atoms with Crippen molar-refractivity contribution in [2.45, 2.75) is 32.2 Å². The van der Waals surface area contributed by atoms with E-state index in [1.807, 2.05) is 36.4 Å². The Hall–Kier alpha value is -3.25. The minimum absolute atomic E-state index is 0.0852. The number of amides is 1. The first-order chi connectivity index (χ1) is 15.1. The third kappa shape index (κ3) is 5.27. The highest BCUT2D eigenvalue weighted by Crippen LogP contribution is 2.33. The summed E-state index contributed by atoms with van der Waals surface area (Å²) in [5, 5.41) is 2.85. The van der Waals surface area contributed by atoms with Crippen LogP contribution in [0.25, 0.3) is 11.3 Å². The SMILES string of the molecule is COc1ccc(CN2CCC[C@@H](c3nccnc3-c3cccc(NC(C)=O)c3)C2)cc1. The molecule has 1 fully saturated rings. The largest absolute Gasteiger partial charge is 0.497 e. The number of piperidine rings is 1. The molecule has 0 bridgehead atoms. The number of carbonyl (C=O) groups is 1. The van der Waals surface area contributed by atoms with Gasteiger partial charge in [-0.15, -0.1) is 0 Å². The van der Waals surface area contributed by atoms with Crippen molar-refractivity contribution in [3.8, 4) is 17.0 Å². The predicted octanol–water partition coefficient (Wildman–Crippen LogP) is 4.49. The molecule has 31 heavy (non-hydrogen) atoms. The normalized spacial score (nSPS) is 16.6. The molecule has 6 nitrogen and oxygen atoms in total. The highest BCUT2D eigenvalue weighted by Gasteiger charge is 2.25. The van der Waals surface area contributed by atoms with E-state index in [9.17, 15) is 4.79 Å². The lowest BCUT2D eigenvalue weighted by atomic mass is 9.91. The average molecular weight is 417 g/mol. The third-order valence-electron chi connectivity index (χ3n) is 5.64. The first-order valence-corrected chi connectivity index (χ1v) is 10.7. The van der Waals surface area contributed by atoms with Crippen LogP contribution < -0.4 is 10.1 Å². The lowest BCUT2D eigenvalue weighted by Crippen LogP contribution is -2.34. The lowest BCUT2D eigenvalue weighted by molar-refractivity contribution is -0.114. The molecule has 1 saturated heterocycles. The van der Waals surface area contributed by atoms with Gasteiger partial charge in [0.2, 0.25) is 5.91 Å². The van der Waals surface area contributed by atoms with Crippen LogP contribution in [0.1, 0.15) is 36.9 Å². The maximum absolute atomic E-state index is 11.4. The smallest absolute Gasteiger partial charge is 0.221 e. The van der Waals surface area contributed by atoms with E-state index in [1.165, 1.54) is 12.5 Å². The molecule has 1 aliphatic rings. The number of carbonyl (C=O) groups excluding carboxylic acids is 1. The molecule has 1 amide bonds. The number of ether oxygens (including phenoxy) is 1. The maximum Gasteiger partial charge on any atom is 0.221 e. The summed E-state index contributed by atoms with van der Waals surface area (Å²) < 4.78 is 5.27. The van der Waals surface area contributed by atoms with Crippen molar-refractivity contribution in [3.05, 3.63) is 72.2 Å². The average Bonchev–Trinajstić information content (AvgIpc) is 2.79. The molecule has 6 heteroatoms. The summed E-state index contributed by atoms with van der Waals surface area (Å²) in [7, 11) is 1.69. The summed E-state index contributed by atoms with van der Waals surface area (Å²) in [6, 6.07) is 16.1. The first-order valence-electron chi connectivity index (χ1n) is 10.7. The van der Waals surface area contributed by atoms with Crippen molar-refractivity contribution in [1.29, 1.82) is 0 Å². The Morgan fingerprint density at radius 3 is 2.74 bits per heavy atom. The van der Waals surface area contributed by atoms with Crippen LogP contribution in [0.4, 0.5) is 5.69 Å². The van der Waals surface area contributed by atoms with E-state index in [4.69, 9.17) is 9.72 Å². The van der Waals surface area contributed by atoms with Gasteiger partial charge in [-0.1, -0.05) is 24.3 Å². The van der Waals surface area contributed by atoms with Gasteiger partial charge in [0.25, 0.3) is 0 Å². The Morgan fingerprint density at radius 1 is 1.16 bits per heavy atom. The van der Waals surface area contributed by atoms with Gasteiger partial charge in [0.05, 0.1) is 18.5 Å². The van der Waals surface area contributed by atoms with Crippen molar-refractivity contribution in [1.82, 2.24) is 14.9 Å². The zero-order valence-electron chi connectivity index (χ0n) is 18.0. The van der Waals surface area contributed by atoms with Crippen LogP contribution in [0.15, 0.2) is 60.9 Å². The van der Waals surface area contributed by atoms with Gasteiger partial charge in [-0.05, 0) is 49.2 Å². The molecule has 3 aromatic rings. The van der Waals surface area contributed by atoms with Crippen molar-refractivity contribution in [3.63, 3.8) is 0 Å². The van der Waals surface area contributed by atoms with E-state index in [2.05, 4.69) is 27.3 Å². The summed E-state index contributed by atoms with van der Waals surface area (Å²) in [5.41, 5.74) is 4.95. The summed E-state index contributed by atoms with van der Waals surface area (Å²) in [4.78, 5) is 23.3. The highest BCUT2D eigenvalue weighted by atomic mass is 16.5. The van der Waals surface area contributed by atoms with E-state index in [0.717, 1.165) is 60.9 Å². The van der Waals surface area contributed by atoms with Crippen LogP contribution in [-0.2, 0) is 11.3 Å². The van der Waals surface area contributed by atoms with E-state index in [1.54, 1.807) is 19.5 Å². The van der Waals surface area contributed by atoms with Crippen LogP contribution in [0.5, 0.6) is 5.75 Å². The standard InChI is InChI=1S/C25H28N4O2/c1-18(30)28-22-7-3-5-20(15-22)24-25(27-13-12-26-24)21-6-4-14-29(17-21)16-19-8-10-23(31-2)11-9-19/h3,5,7-13,15,21H,4,6,14,16-17H2,1-2H3,(H,28,30)/t21-/m1/s1. The molecule has 160 valence electrons. The quantitative estimate of drug-likeness (QED) is 0.641. The maximum atomic E-state index is 11.4. The number of aromatic nitrogens is 2. The summed E-state index contributed by atoms with van der Waals surface area (Å²) >= 11 is 0. The van der Waals surface area contributed by atoms with Crippen LogP contribution >= 0.6 is 0 Å². The molecule has 0 spiro atoms. The summed E-state index contributed by atoms with van der Waals surface area (Å²) in [6.45, 7) is 4.45. The number of rotatable bonds is 6. The van der Waals surface area contributed by atoms with Gasteiger partial charge in [-0.25, -0.2) is 0 Å². The van der Waals surface area contributed by atoms with Gasteiger partial charge >= 0.3 is 0 Å². The summed E-state index contributed by atoms with van der Waals surface area (Å²) in [6.07, 6.45) is 5.74. The van der Waals surface area contributed by atoms with Crippen molar-refractivity contribution in [2.24, 2.45) is 0 Å². The van der Waals surface area contributed by atoms with Gasteiger partial charge in [0.1, 0.15) is 5.75 Å². The van der Waals surface area contributed by atoms with E-state index in [0.29, 0.717) is 5.92 Å². The predicted molar refractivity (Wildman–Crippen MR) is 122 cm³/mol. The van der Waals surface area contributed by atoms with E-state index >= 15 is 0 Å². The fourth-order valence-corrected chi connectivity index (χ4v) is 4.23. The number of anilines is 1. The molecule has 1 aliphatic heterocycles. The molecule has 0 unspecified atom stereocenters. The number of nitrogens with zero attached hydrogens (tertiary/aromatic N) is 3. The molecular formula is C25H28N4O2.